The maximum absolute atomic E-state index is 10.8. The maximum Gasteiger partial charge on any atom is 0.335 e. The third-order valence-electron chi connectivity index (χ3n) is 2.70. The highest BCUT2D eigenvalue weighted by Crippen LogP contribution is 2.06. The highest BCUT2D eigenvalue weighted by atomic mass is 16.4. The quantitative estimate of drug-likeness (QED) is 0.545. The molecule has 0 spiro atoms. The molecule has 0 amide bonds. The predicted molar refractivity (Wildman–Crippen MR) is 57.6 cm³/mol. The molecule has 100 valence electrons. The van der Waals surface area contributed by atoms with Crippen LogP contribution in [0, 0.1) is 0 Å². The van der Waals surface area contributed by atoms with Crippen LogP contribution in [0.25, 0.3) is 0 Å². The van der Waals surface area contributed by atoms with Crippen molar-refractivity contribution in [3.05, 3.63) is 35.4 Å². The molecule has 0 aliphatic heterocycles. The van der Waals surface area contributed by atoms with Gasteiger partial charge in [0.2, 0.25) is 0 Å². The van der Waals surface area contributed by atoms with Crippen LogP contribution in [0.4, 0.5) is 0 Å². The second kappa shape index (κ2) is 6.46. The van der Waals surface area contributed by atoms with Gasteiger partial charge in [-0.05, 0) is 23.2 Å². The first-order chi connectivity index (χ1) is 8.56. The van der Waals surface area contributed by atoms with E-state index >= 15 is 0 Å². The van der Waals surface area contributed by atoms with E-state index in [0.717, 1.165) is 0 Å². The van der Waals surface area contributed by atoms with E-state index in [9.17, 15) is 20.1 Å². The summed E-state index contributed by atoms with van der Waals surface area (Å²) >= 11 is 0. The van der Waals surface area contributed by atoms with Gasteiger partial charge in [-0.2, -0.15) is 0 Å². The zero-order chi connectivity index (χ0) is 13.6. The Morgan fingerprint density at radius 2 is 1.61 bits per heavy atom. The Hall–Kier alpha value is -1.47. The molecule has 1 rings (SSSR count). The van der Waals surface area contributed by atoms with E-state index in [0.29, 0.717) is 5.56 Å². The number of hydrogen-bond donors (Lipinski definition) is 2. The average Bonchev–Trinajstić information content (AvgIpc) is 2.41. The van der Waals surface area contributed by atoms with Crippen molar-refractivity contribution >= 4 is 5.97 Å². The maximum atomic E-state index is 10.8. The molecule has 0 bridgehead atoms. The van der Waals surface area contributed by atoms with Crippen LogP contribution in [0.2, 0.25) is 0 Å². The van der Waals surface area contributed by atoms with Gasteiger partial charge in [0.15, 0.2) is 0 Å². The lowest BCUT2D eigenvalue weighted by Crippen LogP contribution is -2.63. The topological polar surface area (TPSA) is 119 Å². The summed E-state index contributed by atoms with van der Waals surface area (Å²) in [5.74, 6) is -1.03. The van der Waals surface area contributed by atoms with Gasteiger partial charge in [-0.25, -0.2) is 4.79 Å². The molecule has 0 atom stereocenters. The summed E-state index contributed by atoms with van der Waals surface area (Å²) in [6.07, 6.45) is 0. The lowest BCUT2D eigenvalue weighted by Gasteiger charge is -2.44. The second-order valence-corrected chi connectivity index (χ2v) is 4.07. The van der Waals surface area contributed by atoms with Gasteiger partial charge in [0.1, 0.15) is 0 Å². The Morgan fingerprint density at radius 1 is 1.11 bits per heavy atom. The number of nitrogens with one attached hydrogen (secondary N) is 1. The predicted octanol–water partition coefficient (Wildman–Crippen LogP) is -2.71. The van der Waals surface area contributed by atoms with E-state index in [1.165, 1.54) is 12.1 Å². The van der Waals surface area contributed by atoms with Crippen LogP contribution in [0.15, 0.2) is 24.3 Å². The van der Waals surface area contributed by atoms with Gasteiger partial charge in [-0.3, -0.25) is 0 Å². The van der Waals surface area contributed by atoms with Crippen molar-refractivity contribution in [3.8, 4) is 0 Å². The molecule has 0 saturated heterocycles. The fourth-order valence-electron chi connectivity index (χ4n) is 1.33. The van der Waals surface area contributed by atoms with Crippen LogP contribution in [0.5, 0.6) is 0 Å². The molecule has 0 unspecified atom stereocenters. The molecule has 0 aromatic heterocycles. The van der Waals surface area contributed by atoms with Crippen LogP contribution >= 0.6 is 0 Å². The summed E-state index contributed by atoms with van der Waals surface area (Å²) < 4.78 is 0. The first kappa shape index (κ1) is 14.6. The first-order valence-electron chi connectivity index (χ1n) is 5.38. The molecular weight excluding hydrogens is 238 g/mol. The zero-order valence-electron chi connectivity index (χ0n) is 9.72. The second-order valence-electron chi connectivity index (χ2n) is 4.07. The van der Waals surface area contributed by atoms with Crippen molar-refractivity contribution in [1.82, 2.24) is 5.32 Å². The fraction of sp³-hybridized carbons (Fsp3) is 0.417. The van der Waals surface area contributed by atoms with Gasteiger partial charge < -0.3 is 25.7 Å². The average molecular weight is 252 g/mol. The van der Waals surface area contributed by atoms with E-state index in [-0.39, 0.29) is 12.1 Å². The number of hydrogen-bond acceptors (Lipinski definition) is 5. The van der Waals surface area contributed by atoms with E-state index in [2.05, 4.69) is 5.32 Å². The summed E-state index contributed by atoms with van der Waals surface area (Å²) in [6, 6.07) is 5.99. The Morgan fingerprint density at radius 3 is 2.00 bits per heavy atom. The smallest absolute Gasteiger partial charge is 0.335 e. The number of aromatic carboxylic acids is 1. The van der Waals surface area contributed by atoms with E-state index < -0.39 is 31.3 Å². The molecule has 1 aromatic rings. The zero-order valence-corrected chi connectivity index (χ0v) is 9.72. The lowest BCUT2D eigenvalue weighted by molar-refractivity contribution is -0.467. The first-order valence-corrected chi connectivity index (χ1v) is 5.38. The highest BCUT2D eigenvalue weighted by molar-refractivity contribution is 5.87. The SMILES string of the molecule is O=C(O)c1ccc(CNC(C[O-])(C[O-])C[O-])cc1. The third kappa shape index (κ3) is 3.51. The van der Waals surface area contributed by atoms with E-state index in [1.807, 2.05) is 0 Å². The summed E-state index contributed by atoms with van der Waals surface area (Å²) in [5.41, 5.74) is -0.605. The van der Waals surface area contributed by atoms with Crippen LogP contribution in [0.3, 0.4) is 0 Å². The highest BCUT2D eigenvalue weighted by Gasteiger charge is 2.14. The standard InChI is InChI=1S/C12H14NO5/c14-6-12(7-15,8-16)13-5-9-1-3-10(4-2-9)11(17)18/h1-4,13H,5-8H2,(H,17,18)/q-3. The van der Waals surface area contributed by atoms with Crippen molar-refractivity contribution in [2.75, 3.05) is 19.8 Å². The van der Waals surface area contributed by atoms with Crippen molar-refractivity contribution < 1.29 is 25.2 Å². The monoisotopic (exact) mass is 252 g/mol. The Bertz CT molecular complexity index is 378. The molecule has 6 nitrogen and oxygen atoms in total. The minimum Gasteiger partial charge on any atom is -0.853 e. The number of carbonyl (C=O) groups is 1. The van der Waals surface area contributed by atoms with Crippen LogP contribution in [-0.2, 0) is 6.54 Å². The number of carboxylic acids is 1. The van der Waals surface area contributed by atoms with Crippen molar-refractivity contribution in [1.29, 1.82) is 0 Å². The molecule has 0 aliphatic rings. The molecule has 18 heavy (non-hydrogen) atoms. The van der Waals surface area contributed by atoms with Crippen molar-refractivity contribution in [3.63, 3.8) is 0 Å². The number of rotatable bonds is 7. The molecule has 0 aliphatic carbocycles. The van der Waals surface area contributed by atoms with Gasteiger partial charge in [0, 0.05) is 6.54 Å². The lowest BCUT2D eigenvalue weighted by atomic mass is 10.0. The number of benzene rings is 1. The van der Waals surface area contributed by atoms with Crippen molar-refractivity contribution in [2.24, 2.45) is 0 Å². The summed E-state index contributed by atoms with van der Waals surface area (Å²) in [6.45, 7) is -2.12. The summed E-state index contributed by atoms with van der Waals surface area (Å²) in [7, 11) is 0. The Kier molecular flexibility index (Phi) is 5.24. The van der Waals surface area contributed by atoms with Gasteiger partial charge in [0.25, 0.3) is 0 Å². The molecular formula is C12H14NO5-3. The molecule has 1 aromatic carbocycles. The van der Waals surface area contributed by atoms with Gasteiger partial charge in [-0.15, -0.1) is 19.8 Å². The molecule has 0 fully saturated rings. The van der Waals surface area contributed by atoms with Gasteiger partial charge >= 0.3 is 5.97 Å². The Balaban J connectivity index is 2.65. The molecule has 2 N–H and O–H groups in total. The van der Waals surface area contributed by atoms with Crippen LogP contribution in [-0.4, -0.2) is 36.4 Å². The van der Waals surface area contributed by atoms with Gasteiger partial charge in [0.05, 0.1) is 5.56 Å². The molecule has 0 heterocycles. The van der Waals surface area contributed by atoms with Crippen LogP contribution in [0.1, 0.15) is 15.9 Å². The van der Waals surface area contributed by atoms with Crippen LogP contribution < -0.4 is 20.6 Å². The largest absolute Gasteiger partial charge is 0.853 e. The minimum atomic E-state index is -1.47. The fourth-order valence-corrected chi connectivity index (χ4v) is 1.33. The molecule has 6 heteroatoms. The van der Waals surface area contributed by atoms with Gasteiger partial charge in [-0.1, -0.05) is 12.1 Å². The summed E-state index contributed by atoms with van der Waals surface area (Å²) in [4.78, 5) is 10.6. The molecule has 0 saturated carbocycles. The minimum absolute atomic E-state index is 0.154. The molecule has 0 radical (unpaired) electrons. The summed E-state index contributed by atoms with van der Waals surface area (Å²) in [5, 5.41) is 43.9. The normalized spacial score (nSPS) is 11.5. The number of carboxylic acid groups (broad SMARTS) is 1. The van der Waals surface area contributed by atoms with E-state index in [1.54, 1.807) is 12.1 Å². The van der Waals surface area contributed by atoms with Crippen molar-refractivity contribution in [2.45, 2.75) is 12.1 Å². The van der Waals surface area contributed by atoms with E-state index in [4.69, 9.17) is 5.11 Å². The Labute approximate surface area is 105 Å². The third-order valence-corrected chi connectivity index (χ3v) is 2.70.